The Morgan fingerprint density at radius 1 is 1.33 bits per heavy atom. The third kappa shape index (κ3) is 3.30. The molecule has 7 heteroatoms. The minimum absolute atomic E-state index is 0.0233. The highest BCUT2D eigenvalue weighted by Gasteiger charge is 2.12. The lowest BCUT2D eigenvalue weighted by atomic mass is 10.2. The molecule has 6 nitrogen and oxygen atoms in total. The molecule has 0 atom stereocenters. The average Bonchev–Trinajstić information content (AvgIpc) is 2.73. The third-order valence-electron chi connectivity index (χ3n) is 2.50. The fraction of sp³-hybridized carbons (Fsp3) is 0.273. The highest BCUT2D eigenvalue weighted by atomic mass is 32.2. The summed E-state index contributed by atoms with van der Waals surface area (Å²) >= 11 is 0. The molecule has 0 amide bonds. The van der Waals surface area contributed by atoms with Crippen molar-refractivity contribution in [1.29, 1.82) is 0 Å². The number of aryl methyl sites for hydroxylation is 2. The molecule has 2 aromatic rings. The predicted molar refractivity (Wildman–Crippen MR) is 68.7 cm³/mol. The fourth-order valence-corrected chi connectivity index (χ4v) is 2.58. The second-order valence-electron chi connectivity index (χ2n) is 3.95. The van der Waals surface area contributed by atoms with Gasteiger partial charge in [0.25, 0.3) is 0 Å². The van der Waals surface area contributed by atoms with Gasteiger partial charge in [0.1, 0.15) is 5.82 Å². The summed E-state index contributed by atoms with van der Waals surface area (Å²) < 4.78 is 26.2. The lowest BCUT2D eigenvalue weighted by molar-refractivity contribution is 0.600. The van der Waals surface area contributed by atoms with E-state index in [2.05, 4.69) is 19.9 Å². The Labute approximate surface area is 106 Å². The van der Waals surface area contributed by atoms with Crippen molar-refractivity contribution in [3.05, 3.63) is 41.9 Å². The van der Waals surface area contributed by atoms with E-state index >= 15 is 0 Å². The van der Waals surface area contributed by atoms with E-state index in [9.17, 15) is 8.42 Å². The SMILES string of the molecule is Cc1cn[nH]c1NS(=O)(=O)CCc1ccncc1. The number of aromatic nitrogens is 3. The van der Waals surface area contributed by atoms with Crippen LogP contribution in [0.3, 0.4) is 0 Å². The number of nitrogens with one attached hydrogen (secondary N) is 2. The number of sulfonamides is 1. The lowest BCUT2D eigenvalue weighted by Crippen LogP contribution is -2.19. The summed E-state index contributed by atoms with van der Waals surface area (Å²) in [6.45, 7) is 1.78. The molecular formula is C11H14N4O2S. The van der Waals surface area contributed by atoms with Gasteiger partial charge in [-0.25, -0.2) is 8.42 Å². The maximum atomic E-state index is 11.8. The number of pyridine rings is 1. The smallest absolute Gasteiger partial charge is 0.234 e. The minimum atomic E-state index is -3.37. The van der Waals surface area contributed by atoms with Crippen LogP contribution in [0.2, 0.25) is 0 Å². The van der Waals surface area contributed by atoms with E-state index in [-0.39, 0.29) is 5.75 Å². The van der Waals surface area contributed by atoms with Crippen LogP contribution < -0.4 is 4.72 Å². The molecular weight excluding hydrogens is 252 g/mol. The Hall–Kier alpha value is -1.89. The van der Waals surface area contributed by atoms with Crippen LogP contribution in [0.15, 0.2) is 30.7 Å². The first kappa shape index (κ1) is 12.6. The Bertz CT molecular complexity index is 607. The Balaban J connectivity index is 1.98. The van der Waals surface area contributed by atoms with Crippen LogP contribution in [0.5, 0.6) is 0 Å². The molecule has 0 unspecified atom stereocenters. The predicted octanol–water partition coefficient (Wildman–Crippen LogP) is 1.10. The molecule has 0 spiro atoms. The van der Waals surface area contributed by atoms with Gasteiger partial charge in [-0.05, 0) is 31.0 Å². The van der Waals surface area contributed by atoms with Crippen LogP contribution in [0.25, 0.3) is 0 Å². The first-order valence-electron chi connectivity index (χ1n) is 5.46. The van der Waals surface area contributed by atoms with Crippen molar-refractivity contribution in [2.24, 2.45) is 0 Å². The van der Waals surface area contributed by atoms with Crippen LogP contribution >= 0.6 is 0 Å². The largest absolute Gasteiger partial charge is 0.267 e. The zero-order chi connectivity index (χ0) is 13.0. The number of anilines is 1. The van der Waals surface area contributed by atoms with Crippen LogP contribution in [0.1, 0.15) is 11.1 Å². The van der Waals surface area contributed by atoms with Gasteiger partial charge in [-0.15, -0.1) is 0 Å². The molecule has 0 saturated carbocycles. The maximum Gasteiger partial charge on any atom is 0.234 e. The first-order chi connectivity index (χ1) is 8.57. The van der Waals surface area contributed by atoms with Crippen molar-refractivity contribution >= 4 is 15.8 Å². The number of H-pyrrole nitrogens is 1. The molecule has 0 aliphatic heterocycles. The quantitative estimate of drug-likeness (QED) is 0.848. The monoisotopic (exact) mass is 266 g/mol. The molecule has 2 heterocycles. The van der Waals surface area contributed by atoms with Crippen LogP contribution in [0, 0.1) is 6.92 Å². The van der Waals surface area contributed by atoms with Crippen LogP contribution in [0.4, 0.5) is 5.82 Å². The number of rotatable bonds is 5. The van der Waals surface area contributed by atoms with E-state index in [1.807, 2.05) is 0 Å². The normalized spacial score (nSPS) is 11.4. The molecule has 0 aliphatic carbocycles. The van der Waals surface area contributed by atoms with Gasteiger partial charge in [-0.3, -0.25) is 14.8 Å². The second-order valence-corrected chi connectivity index (χ2v) is 5.80. The number of aromatic amines is 1. The summed E-state index contributed by atoms with van der Waals surface area (Å²) in [5.41, 5.74) is 1.71. The maximum absolute atomic E-state index is 11.8. The van der Waals surface area contributed by atoms with Crippen molar-refractivity contribution in [3.63, 3.8) is 0 Å². The topological polar surface area (TPSA) is 87.7 Å². The second kappa shape index (κ2) is 5.18. The fourth-order valence-electron chi connectivity index (χ4n) is 1.46. The Morgan fingerprint density at radius 3 is 2.67 bits per heavy atom. The summed E-state index contributed by atoms with van der Waals surface area (Å²) in [6, 6.07) is 3.61. The highest BCUT2D eigenvalue weighted by molar-refractivity contribution is 7.92. The van der Waals surface area contributed by atoms with Crippen molar-refractivity contribution in [2.45, 2.75) is 13.3 Å². The van der Waals surface area contributed by atoms with Gasteiger partial charge in [0, 0.05) is 18.0 Å². The zero-order valence-electron chi connectivity index (χ0n) is 9.92. The molecule has 2 aromatic heterocycles. The third-order valence-corrected chi connectivity index (χ3v) is 3.75. The van der Waals surface area contributed by atoms with Crippen LogP contribution in [-0.4, -0.2) is 29.4 Å². The van der Waals surface area contributed by atoms with E-state index in [4.69, 9.17) is 0 Å². The van der Waals surface area contributed by atoms with Gasteiger partial charge < -0.3 is 0 Å². The molecule has 2 rings (SSSR count). The zero-order valence-corrected chi connectivity index (χ0v) is 10.7. The van der Waals surface area contributed by atoms with Gasteiger partial charge >= 0.3 is 0 Å². The molecule has 0 radical (unpaired) electrons. The molecule has 18 heavy (non-hydrogen) atoms. The van der Waals surface area contributed by atoms with E-state index in [1.165, 1.54) is 0 Å². The lowest BCUT2D eigenvalue weighted by Gasteiger charge is -2.06. The molecule has 0 fully saturated rings. The molecule has 0 aromatic carbocycles. The summed E-state index contributed by atoms with van der Waals surface area (Å²) in [6.07, 6.45) is 5.31. The first-order valence-corrected chi connectivity index (χ1v) is 7.11. The van der Waals surface area contributed by atoms with E-state index in [0.29, 0.717) is 12.2 Å². The van der Waals surface area contributed by atoms with Crippen molar-refractivity contribution < 1.29 is 8.42 Å². The standard InChI is InChI=1S/C11H14N4O2S/c1-9-8-13-14-11(9)15-18(16,17)7-4-10-2-5-12-6-3-10/h2-3,5-6,8H,4,7H2,1H3,(H2,13,14,15). The number of nitrogens with zero attached hydrogens (tertiary/aromatic N) is 2. The molecule has 2 N–H and O–H groups in total. The van der Waals surface area contributed by atoms with Gasteiger partial charge in [-0.1, -0.05) is 0 Å². The molecule has 0 bridgehead atoms. The van der Waals surface area contributed by atoms with Crippen molar-refractivity contribution in [1.82, 2.24) is 15.2 Å². The van der Waals surface area contributed by atoms with Gasteiger partial charge in [-0.2, -0.15) is 5.10 Å². The molecule has 0 aliphatic rings. The minimum Gasteiger partial charge on any atom is -0.267 e. The summed E-state index contributed by atoms with van der Waals surface area (Å²) in [5, 5.41) is 6.37. The number of hydrogen-bond acceptors (Lipinski definition) is 4. The number of hydrogen-bond donors (Lipinski definition) is 2. The van der Waals surface area contributed by atoms with Crippen molar-refractivity contribution in [2.75, 3.05) is 10.5 Å². The summed E-state index contributed by atoms with van der Waals surface area (Å²) in [4.78, 5) is 3.88. The van der Waals surface area contributed by atoms with E-state index < -0.39 is 10.0 Å². The van der Waals surface area contributed by atoms with Gasteiger partial charge in [0.05, 0.1) is 11.9 Å². The van der Waals surface area contributed by atoms with Crippen LogP contribution in [-0.2, 0) is 16.4 Å². The van der Waals surface area contributed by atoms with E-state index in [1.54, 1.807) is 37.6 Å². The average molecular weight is 266 g/mol. The van der Waals surface area contributed by atoms with Gasteiger partial charge in [0.2, 0.25) is 10.0 Å². The summed E-state index contributed by atoms with van der Waals surface area (Å²) in [5.74, 6) is 0.444. The van der Waals surface area contributed by atoms with Crippen molar-refractivity contribution in [3.8, 4) is 0 Å². The Morgan fingerprint density at radius 2 is 2.06 bits per heavy atom. The molecule has 0 saturated heterocycles. The Kier molecular flexibility index (Phi) is 3.61. The molecule has 96 valence electrons. The van der Waals surface area contributed by atoms with Gasteiger partial charge in [0.15, 0.2) is 0 Å². The summed E-state index contributed by atoms with van der Waals surface area (Å²) in [7, 11) is -3.37. The van der Waals surface area contributed by atoms with E-state index in [0.717, 1.165) is 11.1 Å². The highest BCUT2D eigenvalue weighted by Crippen LogP contribution is 2.11.